The molecular weight excluding hydrogens is 280 g/mol. The smallest absolute Gasteiger partial charge is 0.220 e. The second-order valence-electron chi connectivity index (χ2n) is 4.41. The van der Waals surface area contributed by atoms with Crippen LogP contribution in [0, 0.1) is 0 Å². The summed E-state index contributed by atoms with van der Waals surface area (Å²) < 4.78 is 0. The number of hydrogen-bond acceptors (Lipinski definition) is 4. The fraction of sp³-hybridized carbons (Fsp3) is 0.846. The summed E-state index contributed by atoms with van der Waals surface area (Å²) in [6, 6.07) is 0. The van der Waals surface area contributed by atoms with Crippen molar-refractivity contribution >= 4 is 37.1 Å². The molecule has 0 aromatic carbocycles. The first kappa shape index (κ1) is 18.6. The Morgan fingerprint density at radius 1 is 0.684 bits per heavy atom. The van der Waals surface area contributed by atoms with Crippen LogP contribution in [-0.2, 0) is 9.59 Å². The number of nitrogens with one attached hydrogen (secondary N) is 2. The van der Waals surface area contributed by atoms with Gasteiger partial charge in [-0.05, 0) is 12.8 Å². The number of hydrogen-bond donors (Lipinski definition) is 4. The molecule has 2 amide bonds. The van der Waals surface area contributed by atoms with Crippen LogP contribution in [0.3, 0.4) is 0 Å². The van der Waals surface area contributed by atoms with E-state index in [9.17, 15) is 9.59 Å². The van der Waals surface area contributed by atoms with Crippen molar-refractivity contribution in [3.8, 4) is 0 Å². The summed E-state index contributed by atoms with van der Waals surface area (Å²) in [5.74, 6) is 1.59. The van der Waals surface area contributed by atoms with Crippen molar-refractivity contribution in [2.24, 2.45) is 0 Å². The highest BCUT2D eigenvalue weighted by Crippen LogP contribution is 2.07. The Kier molecular flexibility index (Phi) is 13.8. The quantitative estimate of drug-likeness (QED) is 0.328. The maximum atomic E-state index is 11.3. The van der Waals surface area contributed by atoms with Crippen molar-refractivity contribution in [1.82, 2.24) is 10.6 Å². The lowest BCUT2D eigenvalue weighted by Gasteiger charge is -2.04. The molecule has 0 fully saturated rings. The van der Waals surface area contributed by atoms with E-state index in [2.05, 4.69) is 35.9 Å². The minimum atomic E-state index is 0.111. The van der Waals surface area contributed by atoms with Gasteiger partial charge in [-0.15, -0.1) is 0 Å². The van der Waals surface area contributed by atoms with Crippen LogP contribution in [0.15, 0.2) is 0 Å². The Labute approximate surface area is 127 Å². The molecule has 4 nitrogen and oxygen atoms in total. The van der Waals surface area contributed by atoms with Crippen LogP contribution in [0.1, 0.15) is 44.9 Å². The van der Waals surface area contributed by atoms with Gasteiger partial charge in [0.1, 0.15) is 0 Å². The van der Waals surface area contributed by atoms with E-state index >= 15 is 0 Å². The molecule has 0 unspecified atom stereocenters. The van der Waals surface area contributed by atoms with Crippen LogP contribution >= 0.6 is 25.3 Å². The molecular formula is C13H26N2O2S2. The van der Waals surface area contributed by atoms with Gasteiger partial charge < -0.3 is 10.6 Å². The lowest BCUT2D eigenvalue weighted by molar-refractivity contribution is -0.121. The molecule has 6 heteroatoms. The zero-order valence-electron chi connectivity index (χ0n) is 11.5. The average Bonchev–Trinajstić information content (AvgIpc) is 2.41. The van der Waals surface area contributed by atoms with E-state index < -0.39 is 0 Å². The highest BCUT2D eigenvalue weighted by Gasteiger charge is 2.01. The largest absolute Gasteiger partial charge is 0.355 e. The molecule has 0 radical (unpaired) electrons. The Morgan fingerprint density at radius 3 is 1.42 bits per heavy atom. The Morgan fingerprint density at radius 2 is 1.05 bits per heavy atom. The van der Waals surface area contributed by atoms with Crippen LogP contribution in [0.2, 0.25) is 0 Å². The molecule has 0 aromatic heterocycles. The molecule has 0 heterocycles. The molecule has 0 saturated heterocycles. The molecule has 0 aliphatic carbocycles. The summed E-state index contributed by atoms with van der Waals surface area (Å²) in [5, 5.41) is 5.59. The molecule has 112 valence electrons. The topological polar surface area (TPSA) is 58.2 Å². The molecule has 19 heavy (non-hydrogen) atoms. The third-order valence-corrected chi connectivity index (χ3v) is 3.12. The molecule has 0 saturated carbocycles. The number of unbranched alkanes of at least 4 members (excludes halogenated alkanes) is 4. The zero-order valence-corrected chi connectivity index (χ0v) is 13.3. The monoisotopic (exact) mass is 306 g/mol. The molecule has 0 aliphatic rings. The molecule has 0 aliphatic heterocycles. The minimum Gasteiger partial charge on any atom is -0.355 e. The molecule has 2 N–H and O–H groups in total. The molecule has 0 bridgehead atoms. The van der Waals surface area contributed by atoms with Gasteiger partial charge in [0.05, 0.1) is 0 Å². The van der Waals surface area contributed by atoms with Gasteiger partial charge in [-0.1, -0.05) is 19.3 Å². The Bertz CT molecular complexity index is 227. The summed E-state index contributed by atoms with van der Waals surface area (Å²) in [6.45, 7) is 1.28. The standard InChI is InChI=1S/C13H26N2O2S2/c16-12(14-8-10-18)6-4-2-1-3-5-7-13(17)15-9-11-19/h18-19H,1-11H2,(H,14,16)(H,15,17). The predicted octanol–water partition coefficient (Wildman–Crippen LogP) is 1.81. The third kappa shape index (κ3) is 13.9. The fourth-order valence-corrected chi connectivity index (χ4v) is 1.89. The highest BCUT2D eigenvalue weighted by molar-refractivity contribution is 7.80. The SMILES string of the molecule is O=C(CCCCCCCC(=O)NCCS)NCCS. The van der Waals surface area contributed by atoms with E-state index in [0.29, 0.717) is 37.4 Å². The molecule has 0 rings (SSSR count). The third-order valence-electron chi connectivity index (χ3n) is 2.68. The molecule has 0 spiro atoms. The summed E-state index contributed by atoms with van der Waals surface area (Å²) >= 11 is 8.06. The van der Waals surface area contributed by atoms with Gasteiger partial charge >= 0.3 is 0 Å². The van der Waals surface area contributed by atoms with E-state index in [1.165, 1.54) is 0 Å². The fourth-order valence-electron chi connectivity index (χ4n) is 1.67. The van der Waals surface area contributed by atoms with Gasteiger partial charge in [-0.25, -0.2) is 0 Å². The zero-order chi connectivity index (χ0) is 14.3. The molecule has 0 aromatic rings. The van der Waals surface area contributed by atoms with Crippen LogP contribution in [-0.4, -0.2) is 36.4 Å². The average molecular weight is 306 g/mol. The lowest BCUT2D eigenvalue weighted by Crippen LogP contribution is -2.25. The predicted molar refractivity (Wildman–Crippen MR) is 86.0 cm³/mol. The first-order valence-corrected chi connectivity index (χ1v) is 8.22. The van der Waals surface area contributed by atoms with Crippen LogP contribution < -0.4 is 10.6 Å². The number of rotatable bonds is 12. The van der Waals surface area contributed by atoms with Crippen molar-refractivity contribution in [2.75, 3.05) is 24.6 Å². The van der Waals surface area contributed by atoms with E-state index in [-0.39, 0.29) is 11.8 Å². The normalized spacial score (nSPS) is 10.2. The number of carbonyl (C=O) groups is 2. The van der Waals surface area contributed by atoms with Crippen LogP contribution in [0.25, 0.3) is 0 Å². The number of amides is 2. The Balaban J connectivity index is 3.22. The Hall–Kier alpha value is -0.360. The van der Waals surface area contributed by atoms with Crippen molar-refractivity contribution in [1.29, 1.82) is 0 Å². The van der Waals surface area contributed by atoms with Gasteiger partial charge in [0.25, 0.3) is 0 Å². The van der Waals surface area contributed by atoms with Gasteiger partial charge in [0.2, 0.25) is 11.8 Å². The second-order valence-corrected chi connectivity index (χ2v) is 5.31. The summed E-state index contributed by atoms with van der Waals surface area (Å²) in [4.78, 5) is 22.6. The number of thiol groups is 2. The van der Waals surface area contributed by atoms with Crippen LogP contribution in [0.4, 0.5) is 0 Å². The van der Waals surface area contributed by atoms with E-state index in [4.69, 9.17) is 0 Å². The minimum absolute atomic E-state index is 0.111. The maximum absolute atomic E-state index is 11.3. The van der Waals surface area contributed by atoms with Crippen molar-refractivity contribution in [3.63, 3.8) is 0 Å². The lowest BCUT2D eigenvalue weighted by atomic mass is 10.1. The van der Waals surface area contributed by atoms with E-state index in [1.807, 2.05) is 0 Å². The summed E-state index contributed by atoms with van der Waals surface area (Å²) in [5.41, 5.74) is 0. The van der Waals surface area contributed by atoms with Gasteiger partial charge in [-0.3, -0.25) is 9.59 Å². The van der Waals surface area contributed by atoms with E-state index in [0.717, 1.165) is 32.1 Å². The van der Waals surface area contributed by atoms with E-state index in [1.54, 1.807) is 0 Å². The first-order chi connectivity index (χ1) is 9.20. The highest BCUT2D eigenvalue weighted by atomic mass is 32.1. The molecule has 0 atom stereocenters. The van der Waals surface area contributed by atoms with Gasteiger partial charge in [0, 0.05) is 37.4 Å². The summed E-state index contributed by atoms with van der Waals surface area (Å²) in [6.07, 6.45) is 6.21. The van der Waals surface area contributed by atoms with Crippen molar-refractivity contribution in [3.05, 3.63) is 0 Å². The van der Waals surface area contributed by atoms with Gasteiger partial charge in [-0.2, -0.15) is 25.3 Å². The van der Waals surface area contributed by atoms with Crippen LogP contribution in [0.5, 0.6) is 0 Å². The second kappa shape index (κ2) is 14.1. The maximum Gasteiger partial charge on any atom is 0.220 e. The summed E-state index contributed by atoms with van der Waals surface area (Å²) in [7, 11) is 0. The van der Waals surface area contributed by atoms with Gasteiger partial charge in [0.15, 0.2) is 0 Å². The van der Waals surface area contributed by atoms with Crippen molar-refractivity contribution in [2.45, 2.75) is 44.9 Å². The number of carbonyl (C=O) groups excluding carboxylic acids is 2. The first-order valence-electron chi connectivity index (χ1n) is 6.95. The van der Waals surface area contributed by atoms with Crippen molar-refractivity contribution < 1.29 is 9.59 Å².